The first-order valence-electron chi connectivity index (χ1n) is 5.57. The summed E-state index contributed by atoms with van der Waals surface area (Å²) in [5, 5.41) is 0. The van der Waals surface area contributed by atoms with Crippen LogP contribution in [0.4, 0.5) is 15.8 Å². The molecule has 0 radical (unpaired) electrons. The fourth-order valence-corrected chi connectivity index (χ4v) is 3.01. The van der Waals surface area contributed by atoms with Crippen LogP contribution in [0.1, 0.15) is 0 Å². The van der Waals surface area contributed by atoms with Crippen LogP contribution in [0.5, 0.6) is 0 Å². The van der Waals surface area contributed by atoms with Crippen molar-refractivity contribution in [1.29, 1.82) is 0 Å². The summed E-state index contributed by atoms with van der Waals surface area (Å²) in [7, 11) is 2.12. The van der Waals surface area contributed by atoms with Crippen LogP contribution in [0.25, 0.3) is 0 Å². The van der Waals surface area contributed by atoms with Crippen LogP contribution in [0, 0.1) is 11.2 Å². The molecule has 3 nitrogen and oxygen atoms in total. The van der Waals surface area contributed by atoms with Gasteiger partial charge in [-0.2, -0.15) is 0 Å². The number of nitrogen functional groups attached to an aromatic ring is 1. The van der Waals surface area contributed by atoms with Crippen molar-refractivity contribution in [3.05, 3.63) is 24.0 Å². The molecular weight excluding hydrogens is 205 g/mol. The standard InChI is InChI=1S/C12H16FN3/c1-15-5-12(6-15)7-16(8-12)11-3-2-9(14)4-10(11)13/h2-4H,5-8,14H2,1H3. The fraction of sp³-hybridized carbons (Fsp3) is 0.500. The van der Waals surface area contributed by atoms with Crippen LogP contribution in [0.3, 0.4) is 0 Å². The first kappa shape index (κ1) is 9.90. The van der Waals surface area contributed by atoms with E-state index in [4.69, 9.17) is 5.73 Å². The van der Waals surface area contributed by atoms with Gasteiger partial charge >= 0.3 is 0 Å². The van der Waals surface area contributed by atoms with Crippen LogP contribution < -0.4 is 10.6 Å². The molecule has 2 aliphatic heterocycles. The Morgan fingerprint density at radius 2 is 1.94 bits per heavy atom. The van der Waals surface area contributed by atoms with Gasteiger partial charge in [0, 0.05) is 37.3 Å². The Morgan fingerprint density at radius 1 is 1.25 bits per heavy atom. The van der Waals surface area contributed by atoms with Gasteiger partial charge in [-0.15, -0.1) is 0 Å². The van der Waals surface area contributed by atoms with E-state index in [2.05, 4.69) is 16.8 Å². The van der Waals surface area contributed by atoms with E-state index in [0.717, 1.165) is 26.2 Å². The maximum Gasteiger partial charge on any atom is 0.148 e. The van der Waals surface area contributed by atoms with E-state index in [-0.39, 0.29) is 5.82 Å². The highest BCUT2D eigenvalue weighted by atomic mass is 19.1. The number of likely N-dealkylation sites (tertiary alicyclic amines) is 1. The van der Waals surface area contributed by atoms with Crippen LogP contribution in [-0.4, -0.2) is 38.1 Å². The van der Waals surface area contributed by atoms with E-state index < -0.39 is 0 Å². The Bertz CT molecular complexity index is 418. The minimum absolute atomic E-state index is 0.206. The third-order valence-electron chi connectivity index (χ3n) is 3.58. The zero-order valence-electron chi connectivity index (χ0n) is 9.41. The molecule has 3 rings (SSSR count). The van der Waals surface area contributed by atoms with Gasteiger partial charge < -0.3 is 15.5 Å². The topological polar surface area (TPSA) is 32.5 Å². The third kappa shape index (κ3) is 1.37. The summed E-state index contributed by atoms with van der Waals surface area (Å²) in [4.78, 5) is 4.40. The zero-order valence-corrected chi connectivity index (χ0v) is 9.41. The van der Waals surface area contributed by atoms with Crippen LogP contribution in [0.15, 0.2) is 18.2 Å². The Labute approximate surface area is 94.6 Å². The molecule has 0 saturated carbocycles. The van der Waals surface area contributed by atoms with Gasteiger partial charge in [0.05, 0.1) is 5.69 Å². The van der Waals surface area contributed by atoms with E-state index in [9.17, 15) is 4.39 Å². The lowest BCUT2D eigenvalue weighted by atomic mass is 9.73. The van der Waals surface area contributed by atoms with Crippen molar-refractivity contribution in [2.45, 2.75) is 0 Å². The van der Waals surface area contributed by atoms with Crippen molar-refractivity contribution in [1.82, 2.24) is 4.90 Å². The molecule has 1 aromatic carbocycles. The molecule has 0 bridgehead atoms. The van der Waals surface area contributed by atoms with E-state index in [0.29, 0.717) is 16.8 Å². The highest BCUT2D eigenvalue weighted by molar-refractivity contribution is 5.56. The number of anilines is 2. The van der Waals surface area contributed by atoms with Gasteiger partial charge in [0.25, 0.3) is 0 Å². The second-order valence-electron chi connectivity index (χ2n) is 5.24. The summed E-state index contributed by atoms with van der Waals surface area (Å²) in [6, 6.07) is 4.93. The summed E-state index contributed by atoms with van der Waals surface area (Å²) in [5.41, 5.74) is 7.14. The minimum Gasteiger partial charge on any atom is -0.399 e. The first-order valence-corrected chi connectivity index (χ1v) is 5.57. The highest BCUT2D eigenvalue weighted by Gasteiger charge is 2.50. The average Bonchev–Trinajstić information content (AvgIpc) is 2.10. The van der Waals surface area contributed by atoms with Gasteiger partial charge in [0.2, 0.25) is 0 Å². The van der Waals surface area contributed by atoms with Crippen molar-refractivity contribution < 1.29 is 4.39 Å². The molecule has 0 unspecified atom stereocenters. The monoisotopic (exact) mass is 221 g/mol. The second-order valence-corrected chi connectivity index (χ2v) is 5.24. The van der Waals surface area contributed by atoms with Crippen molar-refractivity contribution in [2.75, 3.05) is 43.9 Å². The predicted octanol–water partition coefficient (Wildman–Crippen LogP) is 1.16. The Morgan fingerprint density at radius 3 is 2.50 bits per heavy atom. The fourth-order valence-electron chi connectivity index (χ4n) is 3.01. The van der Waals surface area contributed by atoms with E-state index in [1.807, 2.05) is 0 Å². The lowest BCUT2D eigenvalue weighted by Crippen LogP contribution is -2.71. The molecular formula is C12H16FN3. The quantitative estimate of drug-likeness (QED) is 0.722. The zero-order chi connectivity index (χ0) is 11.3. The van der Waals surface area contributed by atoms with Crippen LogP contribution in [0.2, 0.25) is 0 Å². The number of nitrogens with two attached hydrogens (primary N) is 1. The molecule has 0 aromatic heterocycles. The van der Waals surface area contributed by atoms with Gasteiger partial charge in [-0.05, 0) is 25.2 Å². The summed E-state index contributed by atoms with van der Waals surface area (Å²) < 4.78 is 13.6. The maximum absolute atomic E-state index is 13.6. The number of benzene rings is 1. The number of hydrogen-bond donors (Lipinski definition) is 1. The van der Waals surface area contributed by atoms with Crippen molar-refractivity contribution in [3.63, 3.8) is 0 Å². The number of nitrogens with zero attached hydrogens (tertiary/aromatic N) is 2. The summed E-state index contributed by atoms with van der Waals surface area (Å²) in [6.07, 6.45) is 0. The minimum atomic E-state index is -0.206. The Balaban J connectivity index is 1.72. The molecule has 2 N–H and O–H groups in total. The van der Waals surface area contributed by atoms with Crippen molar-refractivity contribution in [3.8, 4) is 0 Å². The molecule has 2 heterocycles. The molecule has 86 valence electrons. The smallest absolute Gasteiger partial charge is 0.148 e. The Kier molecular flexibility index (Phi) is 1.92. The van der Waals surface area contributed by atoms with E-state index in [1.54, 1.807) is 12.1 Å². The lowest BCUT2D eigenvalue weighted by Gasteiger charge is -2.60. The summed E-state index contributed by atoms with van der Waals surface area (Å²) >= 11 is 0. The largest absolute Gasteiger partial charge is 0.399 e. The molecule has 1 aromatic rings. The molecule has 16 heavy (non-hydrogen) atoms. The Hall–Kier alpha value is -1.29. The summed E-state index contributed by atoms with van der Waals surface area (Å²) in [5.74, 6) is -0.206. The number of rotatable bonds is 1. The molecule has 1 spiro atoms. The van der Waals surface area contributed by atoms with Crippen LogP contribution >= 0.6 is 0 Å². The number of halogens is 1. The van der Waals surface area contributed by atoms with Gasteiger partial charge in [0.1, 0.15) is 5.82 Å². The normalized spacial score (nSPS) is 23.0. The molecule has 0 aliphatic carbocycles. The third-order valence-corrected chi connectivity index (χ3v) is 3.58. The average molecular weight is 221 g/mol. The van der Waals surface area contributed by atoms with Crippen molar-refractivity contribution >= 4 is 11.4 Å². The molecule has 0 atom stereocenters. The molecule has 2 aliphatic rings. The van der Waals surface area contributed by atoms with Gasteiger partial charge in [-0.25, -0.2) is 4.39 Å². The molecule has 4 heteroatoms. The second kappa shape index (κ2) is 3.10. The molecule has 0 amide bonds. The SMILES string of the molecule is CN1CC2(C1)CN(c1ccc(N)cc1F)C2. The van der Waals surface area contributed by atoms with Crippen LogP contribution in [-0.2, 0) is 0 Å². The number of hydrogen-bond acceptors (Lipinski definition) is 3. The van der Waals surface area contributed by atoms with E-state index in [1.165, 1.54) is 6.07 Å². The van der Waals surface area contributed by atoms with Crippen molar-refractivity contribution in [2.24, 2.45) is 5.41 Å². The van der Waals surface area contributed by atoms with Gasteiger partial charge in [-0.3, -0.25) is 0 Å². The summed E-state index contributed by atoms with van der Waals surface area (Å²) in [6.45, 7) is 4.22. The molecule has 2 saturated heterocycles. The van der Waals surface area contributed by atoms with Gasteiger partial charge in [-0.1, -0.05) is 0 Å². The first-order chi connectivity index (χ1) is 7.58. The molecule has 2 fully saturated rings. The highest BCUT2D eigenvalue weighted by Crippen LogP contribution is 2.41. The predicted molar refractivity (Wildman–Crippen MR) is 63.0 cm³/mol. The van der Waals surface area contributed by atoms with Gasteiger partial charge in [0.15, 0.2) is 0 Å². The maximum atomic E-state index is 13.6. The lowest BCUT2D eigenvalue weighted by molar-refractivity contribution is -0.00270. The van der Waals surface area contributed by atoms with E-state index >= 15 is 0 Å².